The van der Waals surface area contributed by atoms with Gasteiger partial charge < -0.3 is 9.84 Å². The number of pyridine rings is 1. The highest BCUT2D eigenvalue weighted by Gasteiger charge is 2.23. The molecular weight excluding hydrogens is 398 g/mol. The maximum absolute atomic E-state index is 12.4. The van der Waals surface area contributed by atoms with Crippen molar-refractivity contribution in [3.05, 3.63) is 80.8 Å². The Kier molecular flexibility index (Phi) is 5.83. The molecule has 3 aromatic rings. The average molecular weight is 421 g/mol. The molecule has 2 aromatic heterocycles. The molecule has 1 aromatic carbocycles. The predicted molar refractivity (Wildman–Crippen MR) is 116 cm³/mol. The van der Waals surface area contributed by atoms with Gasteiger partial charge in [0, 0.05) is 25.0 Å². The van der Waals surface area contributed by atoms with Gasteiger partial charge in [0.2, 0.25) is 5.88 Å². The molecule has 0 bridgehead atoms. The summed E-state index contributed by atoms with van der Waals surface area (Å²) in [6.45, 7) is 0.713. The van der Waals surface area contributed by atoms with Crippen LogP contribution in [0.3, 0.4) is 0 Å². The first-order valence-electron chi connectivity index (χ1n) is 10.0. The van der Waals surface area contributed by atoms with E-state index in [9.17, 15) is 14.7 Å². The molecule has 0 saturated carbocycles. The van der Waals surface area contributed by atoms with Gasteiger partial charge in [-0.3, -0.25) is 19.8 Å². The number of hydrazone groups is 1. The number of nitrogens with zero attached hydrogens (tertiary/aromatic N) is 4. The van der Waals surface area contributed by atoms with Gasteiger partial charge in [-0.25, -0.2) is 9.36 Å². The highest BCUT2D eigenvalue weighted by Crippen LogP contribution is 2.30. The van der Waals surface area contributed by atoms with Gasteiger partial charge in [-0.2, -0.15) is 5.10 Å². The number of nitrogens with one attached hydrogen (secondary N) is 1. The third-order valence-corrected chi connectivity index (χ3v) is 5.31. The molecule has 4 rings (SSSR count). The molecule has 0 spiro atoms. The van der Waals surface area contributed by atoms with E-state index in [4.69, 9.17) is 4.74 Å². The minimum atomic E-state index is -0.751. The Hall–Kier alpha value is -3.88. The zero-order valence-corrected chi connectivity index (χ0v) is 17.1. The number of ether oxygens (including phenoxy) is 1. The number of hydrogen-bond acceptors (Lipinski definition) is 7. The van der Waals surface area contributed by atoms with Crippen LogP contribution in [-0.2, 0) is 0 Å². The smallest absolute Gasteiger partial charge is 0.335 e. The Labute approximate surface area is 178 Å². The van der Waals surface area contributed by atoms with Crippen molar-refractivity contribution in [2.75, 3.05) is 13.7 Å². The van der Waals surface area contributed by atoms with Gasteiger partial charge in [0.1, 0.15) is 11.3 Å². The van der Waals surface area contributed by atoms with E-state index in [1.165, 1.54) is 13.3 Å². The molecule has 1 fully saturated rings. The Bertz CT molecular complexity index is 1200. The van der Waals surface area contributed by atoms with E-state index in [0.717, 1.165) is 29.4 Å². The van der Waals surface area contributed by atoms with E-state index in [0.29, 0.717) is 18.0 Å². The molecule has 1 aliphatic rings. The van der Waals surface area contributed by atoms with Crippen molar-refractivity contribution in [1.82, 2.24) is 19.5 Å². The van der Waals surface area contributed by atoms with Gasteiger partial charge in [0.25, 0.3) is 5.56 Å². The summed E-state index contributed by atoms with van der Waals surface area (Å²) in [5, 5.41) is 17.1. The number of hydrogen-bond donors (Lipinski definition) is 2. The van der Waals surface area contributed by atoms with Gasteiger partial charge in [-0.15, -0.1) is 0 Å². The summed E-state index contributed by atoms with van der Waals surface area (Å²) < 4.78 is 6.20. The molecule has 9 nitrogen and oxygen atoms in total. The molecule has 0 radical (unpaired) electrons. The quantitative estimate of drug-likeness (QED) is 0.611. The lowest BCUT2D eigenvalue weighted by Gasteiger charge is -2.33. The highest BCUT2D eigenvalue weighted by molar-refractivity contribution is 5.82. The van der Waals surface area contributed by atoms with Crippen LogP contribution in [0.15, 0.2) is 63.5 Å². The van der Waals surface area contributed by atoms with Crippen LogP contribution < -0.4 is 16.0 Å². The number of methoxy groups -OCH3 is 1. The standard InChI is InChI=1S/C22H23N5O4/c1-31-17-8-4-7-16(12-17)27-21(29)18(20(28)25-22(27)30)14-24-26-11-3-2-9-19(26)15-6-5-10-23-13-15/h4-8,10,12-14,19,29H,2-3,9,11H2,1H3,(H,25,28,30)/t19-/m0/s1. The second-order valence-corrected chi connectivity index (χ2v) is 7.24. The van der Waals surface area contributed by atoms with Crippen LogP contribution in [0.25, 0.3) is 5.69 Å². The van der Waals surface area contributed by atoms with Crippen LogP contribution in [-0.4, -0.2) is 44.5 Å². The molecule has 9 heteroatoms. The van der Waals surface area contributed by atoms with Crippen molar-refractivity contribution < 1.29 is 9.84 Å². The number of rotatable bonds is 5. The molecule has 1 aliphatic heterocycles. The average Bonchev–Trinajstić information content (AvgIpc) is 2.79. The lowest BCUT2D eigenvalue weighted by atomic mass is 9.98. The Morgan fingerprint density at radius 1 is 1.26 bits per heavy atom. The zero-order valence-electron chi connectivity index (χ0n) is 17.1. The molecule has 31 heavy (non-hydrogen) atoms. The first-order chi connectivity index (χ1) is 15.1. The normalized spacial score (nSPS) is 16.5. The van der Waals surface area contributed by atoms with Gasteiger partial charge in [-0.05, 0) is 43.0 Å². The molecule has 2 N–H and O–H groups in total. The second-order valence-electron chi connectivity index (χ2n) is 7.24. The third-order valence-electron chi connectivity index (χ3n) is 5.31. The summed E-state index contributed by atoms with van der Waals surface area (Å²) >= 11 is 0. The van der Waals surface area contributed by atoms with Crippen molar-refractivity contribution >= 4 is 6.21 Å². The minimum absolute atomic E-state index is 0.0317. The maximum atomic E-state index is 12.4. The summed E-state index contributed by atoms with van der Waals surface area (Å²) in [6.07, 6.45) is 7.79. The molecule has 0 amide bonds. The lowest BCUT2D eigenvalue weighted by molar-refractivity contribution is 0.156. The molecule has 3 heterocycles. The number of piperidine rings is 1. The van der Waals surface area contributed by atoms with Crippen molar-refractivity contribution in [1.29, 1.82) is 0 Å². The van der Waals surface area contributed by atoms with E-state index in [1.54, 1.807) is 30.5 Å². The fourth-order valence-corrected chi connectivity index (χ4v) is 3.74. The van der Waals surface area contributed by atoms with Crippen molar-refractivity contribution in [3.8, 4) is 17.3 Å². The van der Waals surface area contributed by atoms with Crippen molar-refractivity contribution in [2.45, 2.75) is 25.3 Å². The Morgan fingerprint density at radius 2 is 2.13 bits per heavy atom. The predicted octanol–water partition coefficient (Wildman–Crippen LogP) is 2.20. The van der Waals surface area contributed by atoms with E-state index >= 15 is 0 Å². The minimum Gasteiger partial charge on any atom is -0.497 e. The van der Waals surface area contributed by atoms with E-state index in [-0.39, 0.29) is 11.6 Å². The third kappa shape index (κ3) is 4.20. The summed E-state index contributed by atoms with van der Waals surface area (Å²) in [5.41, 5.74) is -0.157. The molecule has 0 unspecified atom stereocenters. The Balaban J connectivity index is 1.72. The largest absolute Gasteiger partial charge is 0.497 e. The van der Waals surface area contributed by atoms with E-state index < -0.39 is 17.1 Å². The first kappa shape index (κ1) is 20.4. The topological polar surface area (TPSA) is 113 Å². The summed E-state index contributed by atoms with van der Waals surface area (Å²) in [4.78, 5) is 31.3. The van der Waals surface area contributed by atoms with Crippen molar-refractivity contribution in [3.63, 3.8) is 0 Å². The van der Waals surface area contributed by atoms with Crippen LogP contribution in [0.1, 0.15) is 36.4 Å². The van der Waals surface area contributed by atoms with Crippen LogP contribution >= 0.6 is 0 Å². The number of aromatic amines is 1. The summed E-state index contributed by atoms with van der Waals surface area (Å²) in [5.74, 6) is 0.0264. The number of aromatic hydroxyl groups is 1. The molecule has 160 valence electrons. The van der Waals surface area contributed by atoms with Gasteiger partial charge in [-0.1, -0.05) is 12.1 Å². The number of benzene rings is 1. The van der Waals surface area contributed by atoms with Gasteiger partial charge in [0.05, 0.1) is 25.1 Å². The zero-order chi connectivity index (χ0) is 21.8. The number of H-pyrrole nitrogens is 1. The monoisotopic (exact) mass is 421 g/mol. The maximum Gasteiger partial charge on any atom is 0.335 e. The number of aromatic nitrogens is 3. The van der Waals surface area contributed by atoms with Gasteiger partial charge >= 0.3 is 5.69 Å². The van der Waals surface area contributed by atoms with Crippen molar-refractivity contribution in [2.24, 2.45) is 5.10 Å². The fraction of sp³-hybridized carbons (Fsp3) is 0.273. The Morgan fingerprint density at radius 3 is 2.90 bits per heavy atom. The van der Waals surface area contributed by atoms with E-state index in [2.05, 4.69) is 15.1 Å². The van der Waals surface area contributed by atoms with Crippen LogP contribution in [0.5, 0.6) is 11.6 Å². The van der Waals surface area contributed by atoms with Gasteiger partial charge in [0.15, 0.2) is 0 Å². The molecular formula is C22H23N5O4. The van der Waals surface area contributed by atoms with Crippen LogP contribution in [0.4, 0.5) is 0 Å². The van der Waals surface area contributed by atoms with Crippen LogP contribution in [0.2, 0.25) is 0 Å². The highest BCUT2D eigenvalue weighted by atomic mass is 16.5. The summed E-state index contributed by atoms with van der Waals surface area (Å²) in [7, 11) is 1.50. The molecule has 1 atom stereocenters. The first-order valence-corrected chi connectivity index (χ1v) is 10.0. The van der Waals surface area contributed by atoms with E-state index in [1.807, 2.05) is 23.3 Å². The second kappa shape index (κ2) is 8.86. The fourth-order valence-electron chi connectivity index (χ4n) is 3.74. The lowest BCUT2D eigenvalue weighted by Crippen LogP contribution is -2.32. The molecule has 1 saturated heterocycles. The van der Waals surface area contributed by atoms with Crippen LogP contribution in [0, 0.1) is 0 Å². The SMILES string of the molecule is COc1cccc(-n2c(O)c(C=NN3CCCC[C@H]3c3cccnc3)c(=O)[nH]c2=O)c1. The summed E-state index contributed by atoms with van der Waals surface area (Å²) in [6, 6.07) is 10.5. The molecule has 0 aliphatic carbocycles.